The number of nitriles is 1. The van der Waals surface area contributed by atoms with Gasteiger partial charge in [0, 0.05) is 17.6 Å². The Bertz CT molecular complexity index is 2000. The van der Waals surface area contributed by atoms with Crippen LogP contribution in [0.25, 0.3) is 22.2 Å². The second kappa shape index (κ2) is 9.94. The minimum Gasteiger partial charge on any atom is -0.321 e. The Balaban J connectivity index is 1.82. The lowest BCUT2D eigenvalue weighted by atomic mass is 10.1. The molecule has 0 bridgehead atoms. The average molecular weight is 570 g/mol. The maximum Gasteiger partial charge on any atom is 0.332 e. The second-order valence-corrected chi connectivity index (χ2v) is 9.36. The third-order valence-corrected chi connectivity index (χ3v) is 6.55. The molecule has 14 heteroatoms. The fraction of sp³-hybridized carbons (Fsp3) is 0.120. The molecule has 0 saturated heterocycles. The number of hydrogen-bond donors (Lipinski definition) is 1. The largest absolute Gasteiger partial charge is 0.332 e. The quantitative estimate of drug-likeness (QED) is 0.323. The van der Waals surface area contributed by atoms with Gasteiger partial charge >= 0.3 is 5.69 Å². The summed E-state index contributed by atoms with van der Waals surface area (Å²) in [5.74, 6) is -2.36. The number of nitrogens with one attached hydrogen (secondary N) is 1. The van der Waals surface area contributed by atoms with Gasteiger partial charge in [-0.25, -0.2) is 18.6 Å². The second-order valence-electron chi connectivity index (χ2n) is 8.55. The number of halogens is 4. The lowest BCUT2D eigenvalue weighted by molar-refractivity contribution is 0.506. The first-order chi connectivity index (χ1) is 18.6. The van der Waals surface area contributed by atoms with Crippen LogP contribution in [0, 0.1) is 23.0 Å². The Hall–Kier alpha value is -4.60. The smallest absolute Gasteiger partial charge is 0.321 e. The van der Waals surface area contributed by atoms with Crippen molar-refractivity contribution in [1.82, 2.24) is 28.9 Å². The number of fused-ring (bicyclic) bond motifs is 1. The van der Waals surface area contributed by atoms with Gasteiger partial charge in [-0.3, -0.25) is 23.4 Å². The van der Waals surface area contributed by atoms with Crippen molar-refractivity contribution in [2.45, 2.75) is 13.1 Å². The summed E-state index contributed by atoms with van der Waals surface area (Å²) in [7, 11) is 1.60. The summed E-state index contributed by atoms with van der Waals surface area (Å²) in [5.41, 5.74) is -1.99. The Morgan fingerprint density at radius 3 is 2.46 bits per heavy atom. The Morgan fingerprint density at radius 1 is 1.03 bits per heavy atom. The predicted molar refractivity (Wildman–Crippen MR) is 139 cm³/mol. The highest BCUT2D eigenvalue weighted by Gasteiger charge is 2.20. The van der Waals surface area contributed by atoms with Gasteiger partial charge < -0.3 is 4.98 Å². The van der Waals surface area contributed by atoms with Crippen molar-refractivity contribution in [3.8, 4) is 17.3 Å². The van der Waals surface area contributed by atoms with Crippen LogP contribution in [-0.2, 0) is 20.1 Å². The average Bonchev–Trinajstić information content (AvgIpc) is 3.31. The maximum atomic E-state index is 14.1. The zero-order valence-electron chi connectivity index (χ0n) is 19.9. The number of pyridine rings is 1. The summed E-state index contributed by atoms with van der Waals surface area (Å²) in [4.78, 5) is 47.0. The molecule has 0 spiro atoms. The highest BCUT2D eigenvalue weighted by molar-refractivity contribution is 6.33. The number of aryl methyl sites for hydroxylation is 1. The van der Waals surface area contributed by atoms with Crippen molar-refractivity contribution >= 4 is 34.1 Å². The summed E-state index contributed by atoms with van der Waals surface area (Å²) in [6, 6.07) is 9.70. The fourth-order valence-corrected chi connectivity index (χ4v) is 4.60. The Morgan fingerprint density at radius 2 is 1.79 bits per heavy atom. The summed E-state index contributed by atoms with van der Waals surface area (Å²) in [5, 5.41) is 12.7. The fourth-order valence-electron chi connectivity index (χ4n) is 4.15. The van der Waals surface area contributed by atoms with Crippen molar-refractivity contribution in [2.75, 3.05) is 0 Å². The number of H-pyrrole nitrogens is 1. The predicted octanol–water partition coefficient (Wildman–Crippen LogP) is 3.20. The number of aromatic nitrogens is 6. The molecule has 0 radical (unpaired) electrons. The molecule has 0 saturated carbocycles. The lowest BCUT2D eigenvalue weighted by Crippen LogP contribution is -2.42. The molecule has 0 unspecified atom stereocenters. The van der Waals surface area contributed by atoms with Crippen molar-refractivity contribution in [3.63, 3.8) is 0 Å². The van der Waals surface area contributed by atoms with Crippen molar-refractivity contribution in [2.24, 2.45) is 7.05 Å². The molecule has 3 aromatic heterocycles. The molecule has 0 aliphatic carbocycles. The molecule has 39 heavy (non-hydrogen) atoms. The SMILES string of the molecule is Cn1cnc(Cn2c(=O)c3c(=O)[nH]c(-c4cc(C#N)ccc4Cl)cc3n(Cc3cc(F)c(F)c(Cl)c3)c2=O)n1. The summed E-state index contributed by atoms with van der Waals surface area (Å²) in [6.45, 7) is -0.735. The molecule has 0 aliphatic heterocycles. The lowest BCUT2D eigenvalue weighted by Gasteiger charge is -2.15. The summed E-state index contributed by atoms with van der Waals surface area (Å²) >= 11 is 12.1. The van der Waals surface area contributed by atoms with Crippen molar-refractivity contribution < 1.29 is 8.78 Å². The molecule has 3 heterocycles. The molecule has 1 N–H and O–H groups in total. The van der Waals surface area contributed by atoms with E-state index in [4.69, 9.17) is 23.2 Å². The minimum atomic E-state index is -1.26. The van der Waals surface area contributed by atoms with Gasteiger partial charge in [0.05, 0.1) is 41.0 Å². The highest BCUT2D eigenvalue weighted by atomic mass is 35.5. The van der Waals surface area contributed by atoms with Crippen molar-refractivity contribution in [1.29, 1.82) is 5.26 Å². The number of rotatable bonds is 5. The molecule has 2 aromatic carbocycles. The molecular formula is C25H15Cl2F2N7O3. The van der Waals surface area contributed by atoms with Gasteiger partial charge in [0.15, 0.2) is 17.5 Å². The van der Waals surface area contributed by atoms with E-state index >= 15 is 0 Å². The van der Waals surface area contributed by atoms with E-state index in [0.717, 1.165) is 21.3 Å². The first kappa shape index (κ1) is 26.0. The number of aromatic amines is 1. The number of benzene rings is 2. The minimum absolute atomic E-state index is 0.0924. The van der Waals surface area contributed by atoms with E-state index in [9.17, 15) is 28.4 Å². The van der Waals surface area contributed by atoms with E-state index in [2.05, 4.69) is 15.1 Å². The van der Waals surface area contributed by atoms with Crippen LogP contribution in [0.3, 0.4) is 0 Å². The normalized spacial score (nSPS) is 11.2. The number of nitrogens with zero attached hydrogens (tertiary/aromatic N) is 6. The first-order valence-corrected chi connectivity index (χ1v) is 11.9. The van der Waals surface area contributed by atoms with Crippen molar-refractivity contribution in [3.05, 3.63) is 113 Å². The van der Waals surface area contributed by atoms with E-state index in [1.165, 1.54) is 35.3 Å². The third-order valence-electron chi connectivity index (χ3n) is 5.94. The molecule has 5 rings (SSSR count). The number of hydrogen-bond acceptors (Lipinski definition) is 6. The standard InChI is InChI=1S/C25H15Cl2F2N7O3/c1-34-11-31-20(33-34)10-36-24(38)21-19(35(25(36)39)9-13-5-16(27)22(29)17(28)6-13)7-18(32-23(21)37)14-4-12(8-30)2-3-15(14)26/h2-7,11H,9-10H2,1H3,(H,32,37). The van der Waals surface area contributed by atoms with Crippen LogP contribution < -0.4 is 16.8 Å². The van der Waals surface area contributed by atoms with E-state index in [-0.39, 0.29) is 57.2 Å². The zero-order valence-corrected chi connectivity index (χ0v) is 21.4. The van der Waals surface area contributed by atoms with Gasteiger partial charge in [0.2, 0.25) is 0 Å². The molecule has 0 aliphatic rings. The molecule has 0 atom stereocenters. The molecule has 196 valence electrons. The monoisotopic (exact) mass is 569 g/mol. The van der Waals surface area contributed by atoms with Gasteiger partial charge in [0.25, 0.3) is 11.1 Å². The van der Waals surface area contributed by atoms with Gasteiger partial charge in [-0.15, -0.1) is 0 Å². The van der Waals surface area contributed by atoms with Crippen LogP contribution in [0.1, 0.15) is 17.0 Å². The van der Waals surface area contributed by atoms with Gasteiger partial charge in [-0.1, -0.05) is 23.2 Å². The molecule has 0 amide bonds. The highest BCUT2D eigenvalue weighted by Crippen LogP contribution is 2.28. The zero-order chi connectivity index (χ0) is 28.0. The van der Waals surface area contributed by atoms with E-state index in [0.29, 0.717) is 0 Å². The van der Waals surface area contributed by atoms with E-state index in [1.807, 2.05) is 6.07 Å². The van der Waals surface area contributed by atoms with Crippen LogP contribution >= 0.6 is 23.2 Å². The maximum absolute atomic E-state index is 14.1. The van der Waals surface area contributed by atoms with Crippen LogP contribution in [-0.4, -0.2) is 28.9 Å². The van der Waals surface area contributed by atoms with E-state index in [1.54, 1.807) is 7.05 Å². The van der Waals surface area contributed by atoms with Crippen LogP contribution in [0.4, 0.5) is 8.78 Å². The Kier molecular flexibility index (Phi) is 6.63. The first-order valence-electron chi connectivity index (χ1n) is 11.2. The van der Waals surface area contributed by atoms with Gasteiger partial charge in [-0.2, -0.15) is 10.4 Å². The molecule has 10 nitrogen and oxygen atoms in total. The van der Waals surface area contributed by atoms with Gasteiger partial charge in [-0.05, 0) is 42.0 Å². The molecular weight excluding hydrogens is 555 g/mol. The molecule has 0 fully saturated rings. The van der Waals surface area contributed by atoms with Crippen LogP contribution in [0.15, 0.2) is 57.1 Å². The van der Waals surface area contributed by atoms with Gasteiger partial charge in [0.1, 0.15) is 11.7 Å². The summed E-state index contributed by atoms with van der Waals surface area (Å²) < 4.78 is 31.2. The summed E-state index contributed by atoms with van der Waals surface area (Å²) in [6.07, 6.45) is 1.38. The topological polar surface area (TPSA) is 131 Å². The van der Waals surface area contributed by atoms with Crippen LogP contribution in [0.2, 0.25) is 10.0 Å². The van der Waals surface area contributed by atoms with E-state index < -0.39 is 33.5 Å². The third kappa shape index (κ3) is 4.73. The van der Waals surface area contributed by atoms with Crippen LogP contribution in [0.5, 0.6) is 0 Å². The molecule has 5 aromatic rings. The Labute approximate surface area is 226 Å².